The summed E-state index contributed by atoms with van der Waals surface area (Å²) in [5.41, 5.74) is 6.21. The first-order valence-corrected chi connectivity index (χ1v) is 10.7. The number of methoxy groups -OCH3 is 1. The van der Waals surface area contributed by atoms with Crippen molar-refractivity contribution in [2.75, 3.05) is 7.11 Å². The molecule has 0 unspecified atom stereocenters. The molecular weight excluding hydrogens is 433 g/mol. The van der Waals surface area contributed by atoms with Gasteiger partial charge in [0.2, 0.25) is 0 Å². The molecule has 0 aliphatic heterocycles. The molecule has 0 fully saturated rings. The summed E-state index contributed by atoms with van der Waals surface area (Å²) in [7, 11) is 3.48. The number of halogens is 1. The third-order valence-corrected chi connectivity index (χ3v) is 6.09. The minimum absolute atomic E-state index is 0.370. The van der Waals surface area contributed by atoms with Gasteiger partial charge in [-0.15, -0.1) is 0 Å². The molecule has 0 spiro atoms. The van der Waals surface area contributed by atoms with E-state index in [2.05, 4.69) is 25.1 Å². The summed E-state index contributed by atoms with van der Waals surface area (Å²) >= 11 is 0. The van der Waals surface area contributed by atoms with Crippen LogP contribution in [0, 0.1) is 12.7 Å². The molecule has 6 aromatic rings. The molecule has 34 heavy (non-hydrogen) atoms. The molecule has 0 aliphatic rings. The second-order valence-electron chi connectivity index (χ2n) is 8.10. The second-order valence-corrected chi connectivity index (χ2v) is 8.10. The van der Waals surface area contributed by atoms with Crippen molar-refractivity contribution in [2.45, 2.75) is 6.92 Å². The Kier molecular flexibility index (Phi) is 4.44. The van der Waals surface area contributed by atoms with Crippen LogP contribution in [0.4, 0.5) is 4.39 Å². The van der Waals surface area contributed by atoms with Crippen LogP contribution in [0.5, 0.6) is 5.75 Å². The van der Waals surface area contributed by atoms with E-state index in [-0.39, 0.29) is 5.82 Å². The summed E-state index contributed by atoms with van der Waals surface area (Å²) in [6.07, 6.45) is 3.57. The lowest BCUT2D eigenvalue weighted by Gasteiger charge is -2.06. The quantitative estimate of drug-likeness (QED) is 0.390. The number of hydrogen-bond donors (Lipinski definition) is 2. The van der Waals surface area contributed by atoms with E-state index < -0.39 is 0 Å². The maximum atomic E-state index is 14.2. The predicted molar refractivity (Wildman–Crippen MR) is 128 cm³/mol. The van der Waals surface area contributed by atoms with Gasteiger partial charge in [0, 0.05) is 24.1 Å². The zero-order valence-corrected chi connectivity index (χ0v) is 18.7. The van der Waals surface area contributed by atoms with Crippen molar-refractivity contribution in [1.82, 2.24) is 34.7 Å². The summed E-state index contributed by atoms with van der Waals surface area (Å²) in [4.78, 5) is 17.2. The topological polar surface area (TPSA) is 97.3 Å². The lowest BCUT2D eigenvalue weighted by Crippen LogP contribution is -1.95. The monoisotopic (exact) mass is 453 g/mol. The molecule has 0 radical (unpaired) electrons. The molecule has 0 atom stereocenters. The molecule has 0 bridgehead atoms. The Balaban J connectivity index is 1.50. The van der Waals surface area contributed by atoms with Gasteiger partial charge < -0.3 is 14.3 Å². The molecule has 0 amide bonds. The molecule has 8 nitrogen and oxygen atoms in total. The number of nitrogens with zero attached hydrogens (tertiary/aromatic N) is 5. The van der Waals surface area contributed by atoms with Crippen molar-refractivity contribution in [2.24, 2.45) is 7.05 Å². The van der Waals surface area contributed by atoms with Gasteiger partial charge in [0.25, 0.3) is 0 Å². The van der Waals surface area contributed by atoms with Crippen molar-refractivity contribution < 1.29 is 9.13 Å². The number of rotatable bonds is 4. The lowest BCUT2D eigenvalue weighted by molar-refractivity contribution is 0.411. The van der Waals surface area contributed by atoms with Gasteiger partial charge in [-0.05, 0) is 36.8 Å². The van der Waals surface area contributed by atoms with Crippen LogP contribution in [0.15, 0.2) is 54.9 Å². The standard InChI is InChI=1S/C25H20FN7O/c1-13-27-12-22(33(13)2)20-10-18-21(11-28-20)31-32-24(18)25-29-19-6-4-5-17(23(19)30-25)14-7-15(26)9-16(8-14)34-3/h4-12H,1-3H3,(H,29,30)(H,31,32). The molecule has 2 aromatic carbocycles. The minimum atomic E-state index is -0.370. The fraction of sp³-hybridized carbons (Fsp3) is 0.120. The molecular formula is C25H20FN7O. The molecule has 2 N–H and O–H groups in total. The van der Waals surface area contributed by atoms with E-state index in [0.717, 1.165) is 44.7 Å². The average molecular weight is 453 g/mol. The zero-order chi connectivity index (χ0) is 23.4. The number of para-hydroxylation sites is 1. The van der Waals surface area contributed by atoms with Crippen LogP contribution in [-0.4, -0.2) is 41.8 Å². The number of pyridine rings is 1. The van der Waals surface area contributed by atoms with E-state index >= 15 is 0 Å². The zero-order valence-electron chi connectivity index (χ0n) is 18.7. The van der Waals surface area contributed by atoms with Crippen molar-refractivity contribution in [1.29, 1.82) is 0 Å². The molecule has 9 heteroatoms. The number of hydrogen-bond acceptors (Lipinski definition) is 5. The lowest BCUT2D eigenvalue weighted by atomic mass is 10.0. The maximum Gasteiger partial charge on any atom is 0.159 e. The molecule has 4 heterocycles. The highest BCUT2D eigenvalue weighted by Gasteiger charge is 2.17. The number of aromatic amines is 2. The number of fused-ring (bicyclic) bond motifs is 2. The number of imidazole rings is 2. The van der Waals surface area contributed by atoms with E-state index in [9.17, 15) is 4.39 Å². The van der Waals surface area contributed by atoms with E-state index in [4.69, 9.17) is 9.72 Å². The third kappa shape index (κ3) is 3.13. The van der Waals surface area contributed by atoms with Crippen LogP contribution in [0.1, 0.15) is 5.82 Å². The van der Waals surface area contributed by atoms with Crippen LogP contribution in [0.2, 0.25) is 0 Å². The van der Waals surface area contributed by atoms with Crippen molar-refractivity contribution in [3.8, 4) is 39.8 Å². The number of nitrogens with one attached hydrogen (secondary N) is 2. The van der Waals surface area contributed by atoms with Gasteiger partial charge in [0.15, 0.2) is 5.82 Å². The fourth-order valence-corrected chi connectivity index (χ4v) is 4.19. The number of aromatic nitrogens is 7. The summed E-state index contributed by atoms with van der Waals surface area (Å²) in [6, 6.07) is 12.4. The Morgan fingerprint density at radius 2 is 1.91 bits per heavy atom. The first-order valence-electron chi connectivity index (χ1n) is 10.7. The van der Waals surface area contributed by atoms with Crippen LogP contribution in [-0.2, 0) is 7.05 Å². The number of benzene rings is 2. The highest BCUT2D eigenvalue weighted by Crippen LogP contribution is 2.34. The molecule has 6 rings (SSSR count). The smallest absolute Gasteiger partial charge is 0.159 e. The summed E-state index contributed by atoms with van der Waals surface area (Å²) in [5, 5.41) is 8.43. The Morgan fingerprint density at radius 1 is 1.03 bits per heavy atom. The van der Waals surface area contributed by atoms with Crippen molar-refractivity contribution in [3.05, 3.63) is 66.5 Å². The normalized spacial score (nSPS) is 11.5. The molecule has 0 aliphatic carbocycles. The van der Waals surface area contributed by atoms with E-state index in [1.54, 1.807) is 12.3 Å². The average Bonchev–Trinajstić information content (AvgIpc) is 3.54. The second kappa shape index (κ2) is 7.51. The highest BCUT2D eigenvalue weighted by atomic mass is 19.1. The Morgan fingerprint density at radius 3 is 2.71 bits per heavy atom. The number of H-pyrrole nitrogens is 2. The van der Waals surface area contributed by atoms with E-state index in [1.807, 2.05) is 49.0 Å². The largest absolute Gasteiger partial charge is 0.497 e. The Hall–Kier alpha value is -4.53. The van der Waals surface area contributed by atoms with Gasteiger partial charge in [-0.2, -0.15) is 5.10 Å². The van der Waals surface area contributed by atoms with Gasteiger partial charge in [0.1, 0.15) is 23.1 Å². The van der Waals surface area contributed by atoms with Crippen molar-refractivity contribution in [3.63, 3.8) is 0 Å². The number of aryl methyl sites for hydroxylation is 1. The van der Waals surface area contributed by atoms with Gasteiger partial charge in [-0.3, -0.25) is 10.1 Å². The first kappa shape index (κ1) is 20.1. The van der Waals surface area contributed by atoms with Gasteiger partial charge in [-0.25, -0.2) is 14.4 Å². The predicted octanol–water partition coefficient (Wildman–Crippen LogP) is 5.02. The number of ether oxygens (including phenoxy) is 1. The third-order valence-electron chi connectivity index (χ3n) is 6.09. The maximum absolute atomic E-state index is 14.2. The van der Waals surface area contributed by atoms with Gasteiger partial charge in [0.05, 0.1) is 47.4 Å². The Labute approximate surface area is 193 Å². The highest BCUT2D eigenvalue weighted by molar-refractivity contribution is 5.97. The molecule has 168 valence electrons. The van der Waals surface area contributed by atoms with Crippen LogP contribution in [0.3, 0.4) is 0 Å². The SMILES string of the molecule is COc1cc(F)cc(-c2cccc3[nH]c(-c4n[nH]c5cnc(-c6cnc(C)n6C)cc45)nc23)c1. The fourth-order valence-electron chi connectivity index (χ4n) is 4.19. The molecule has 4 aromatic heterocycles. The first-order chi connectivity index (χ1) is 16.5. The van der Waals surface area contributed by atoms with E-state index in [0.29, 0.717) is 22.8 Å². The summed E-state index contributed by atoms with van der Waals surface area (Å²) in [5.74, 6) is 1.59. The van der Waals surface area contributed by atoms with Crippen molar-refractivity contribution >= 4 is 21.9 Å². The summed E-state index contributed by atoms with van der Waals surface area (Å²) in [6.45, 7) is 1.95. The molecule has 0 saturated heterocycles. The minimum Gasteiger partial charge on any atom is -0.497 e. The van der Waals surface area contributed by atoms with Crippen LogP contribution < -0.4 is 4.74 Å². The van der Waals surface area contributed by atoms with Gasteiger partial charge in [-0.1, -0.05) is 12.1 Å². The molecule has 0 saturated carbocycles. The van der Waals surface area contributed by atoms with Crippen LogP contribution >= 0.6 is 0 Å². The van der Waals surface area contributed by atoms with Crippen LogP contribution in [0.25, 0.3) is 56.0 Å². The van der Waals surface area contributed by atoms with Gasteiger partial charge >= 0.3 is 0 Å². The Bertz CT molecular complexity index is 1690. The summed E-state index contributed by atoms with van der Waals surface area (Å²) < 4.78 is 21.4. The van der Waals surface area contributed by atoms with E-state index in [1.165, 1.54) is 19.2 Å².